The number of unbranched alkanes of at least 4 members (excludes halogenated alkanes) is 1. The van der Waals surface area contributed by atoms with Crippen LogP contribution in [0.1, 0.15) is 54.4 Å². The number of hydrogen-bond donors (Lipinski definition) is 3. The molecule has 0 bridgehead atoms. The first-order chi connectivity index (χ1) is 18.4. The van der Waals surface area contributed by atoms with Gasteiger partial charge >= 0.3 is 12.2 Å². The number of carbonyl (C=O) groups excluding carboxylic acids is 3. The van der Waals surface area contributed by atoms with Crippen LogP contribution in [0.25, 0.3) is 0 Å². The van der Waals surface area contributed by atoms with E-state index in [9.17, 15) is 14.4 Å². The van der Waals surface area contributed by atoms with Crippen molar-refractivity contribution in [3.63, 3.8) is 0 Å². The standard InChI is InChI=1S/C28H31BrN4O5/c1-3-4-15-31-28(36)38-22-11-8-20(9-12-22)14-17-32-27(35)37-19(2)21-10-13-24(23(29)18-21)33-26(34)25-7-5-6-16-30-25/h5-13,16,18-19H,3-4,14-15,17H2,1-2H3,(H,31,36)(H,32,35)(H,33,34). The van der Waals surface area contributed by atoms with Gasteiger partial charge in [-0.15, -0.1) is 0 Å². The number of alkyl carbamates (subject to hydrolysis) is 1. The van der Waals surface area contributed by atoms with Crippen molar-refractivity contribution in [2.45, 2.75) is 39.2 Å². The molecule has 2 aromatic carbocycles. The van der Waals surface area contributed by atoms with Gasteiger partial charge in [0, 0.05) is 23.8 Å². The van der Waals surface area contributed by atoms with Gasteiger partial charge in [0.05, 0.1) is 5.69 Å². The Hall–Kier alpha value is -3.92. The molecule has 38 heavy (non-hydrogen) atoms. The van der Waals surface area contributed by atoms with Crippen molar-refractivity contribution < 1.29 is 23.9 Å². The van der Waals surface area contributed by atoms with E-state index in [-0.39, 0.29) is 5.91 Å². The Morgan fingerprint density at radius 1 is 0.974 bits per heavy atom. The Morgan fingerprint density at radius 2 is 1.74 bits per heavy atom. The number of hydrogen-bond acceptors (Lipinski definition) is 6. The molecule has 1 unspecified atom stereocenters. The van der Waals surface area contributed by atoms with Crippen LogP contribution in [0.4, 0.5) is 15.3 Å². The molecule has 0 aliphatic carbocycles. The summed E-state index contributed by atoms with van der Waals surface area (Å²) in [6, 6.07) is 17.5. The lowest BCUT2D eigenvalue weighted by Crippen LogP contribution is -2.28. The molecule has 200 valence electrons. The minimum absolute atomic E-state index is 0.311. The van der Waals surface area contributed by atoms with Crippen molar-refractivity contribution in [2.24, 2.45) is 0 Å². The number of carbonyl (C=O) groups is 3. The summed E-state index contributed by atoms with van der Waals surface area (Å²) in [7, 11) is 0. The summed E-state index contributed by atoms with van der Waals surface area (Å²) in [5.41, 5.74) is 2.63. The molecule has 1 atom stereocenters. The number of amides is 3. The fraction of sp³-hybridized carbons (Fsp3) is 0.286. The number of aromatic nitrogens is 1. The van der Waals surface area contributed by atoms with Gasteiger partial charge in [0.1, 0.15) is 17.5 Å². The molecule has 0 aliphatic heterocycles. The fourth-order valence-corrected chi connectivity index (χ4v) is 3.88. The lowest BCUT2D eigenvalue weighted by atomic mass is 10.1. The number of anilines is 1. The molecule has 0 saturated carbocycles. The Bertz CT molecular complexity index is 1220. The summed E-state index contributed by atoms with van der Waals surface area (Å²) in [6.07, 6.45) is 2.52. The molecule has 3 rings (SSSR count). The number of rotatable bonds is 11. The summed E-state index contributed by atoms with van der Waals surface area (Å²) in [5, 5.41) is 8.24. The molecule has 9 nitrogen and oxygen atoms in total. The Morgan fingerprint density at radius 3 is 2.42 bits per heavy atom. The van der Waals surface area contributed by atoms with E-state index in [1.165, 1.54) is 0 Å². The maximum atomic E-state index is 12.3. The maximum absolute atomic E-state index is 12.3. The highest BCUT2D eigenvalue weighted by molar-refractivity contribution is 9.10. The SMILES string of the molecule is CCCCNC(=O)Oc1ccc(CCNC(=O)OC(C)c2ccc(NC(=O)c3ccccn3)c(Br)c2)cc1. The maximum Gasteiger partial charge on any atom is 0.412 e. The summed E-state index contributed by atoms with van der Waals surface area (Å²) in [6.45, 7) is 4.78. The molecular weight excluding hydrogens is 552 g/mol. The minimum Gasteiger partial charge on any atom is -0.442 e. The molecule has 1 aromatic heterocycles. The van der Waals surface area contributed by atoms with E-state index in [2.05, 4.69) is 36.9 Å². The first-order valence-electron chi connectivity index (χ1n) is 12.4. The Balaban J connectivity index is 1.41. The van der Waals surface area contributed by atoms with Crippen LogP contribution in [0.15, 0.2) is 71.3 Å². The molecule has 0 spiro atoms. The Labute approximate surface area is 230 Å². The first-order valence-corrected chi connectivity index (χ1v) is 13.2. The van der Waals surface area contributed by atoms with Gasteiger partial charge in [-0.1, -0.05) is 37.6 Å². The third-order valence-corrected chi connectivity index (χ3v) is 6.16. The van der Waals surface area contributed by atoms with Gasteiger partial charge in [-0.05, 0) is 83.2 Å². The molecule has 3 N–H and O–H groups in total. The fourth-order valence-electron chi connectivity index (χ4n) is 3.38. The number of nitrogens with zero attached hydrogens (tertiary/aromatic N) is 1. The van der Waals surface area contributed by atoms with Crippen molar-refractivity contribution in [3.05, 3.63) is 88.2 Å². The van der Waals surface area contributed by atoms with E-state index in [1.54, 1.807) is 61.7 Å². The summed E-state index contributed by atoms with van der Waals surface area (Å²) in [5.74, 6) is 0.134. The normalized spacial score (nSPS) is 11.2. The second kappa shape index (κ2) is 14.7. The van der Waals surface area contributed by atoms with E-state index in [0.717, 1.165) is 24.0 Å². The van der Waals surface area contributed by atoms with E-state index in [1.807, 2.05) is 19.1 Å². The number of nitrogens with one attached hydrogen (secondary N) is 3. The van der Waals surface area contributed by atoms with Crippen LogP contribution in [0.3, 0.4) is 0 Å². The summed E-state index contributed by atoms with van der Waals surface area (Å²) < 4.78 is 11.4. The molecule has 3 amide bonds. The highest BCUT2D eigenvalue weighted by Crippen LogP contribution is 2.28. The monoisotopic (exact) mass is 582 g/mol. The lowest BCUT2D eigenvalue weighted by molar-refractivity contribution is 0.102. The van der Waals surface area contributed by atoms with Gasteiger partial charge in [-0.25, -0.2) is 9.59 Å². The van der Waals surface area contributed by atoms with E-state index in [4.69, 9.17) is 9.47 Å². The molecule has 10 heteroatoms. The van der Waals surface area contributed by atoms with Crippen LogP contribution in [-0.4, -0.2) is 36.2 Å². The van der Waals surface area contributed by atoms with Crippen LogP contribution in [0, 0.1) is 0 Å². The first kappa shape index (κ1) is 28.6. The lowest BCUT2D eigenvalue weighted by Gasteiger charge is -2.16. The van der Waals surface area contributed by atoms with Crippen LogP contribution in [0.2, 0.25) is 0 Å². The average molecular weight is 583 g/mol. The second-order valence-corrected chi connectivity index (χ2v) is 9.30. The van der Waals surface area contributed by atoms with Gasteiger partial charge in [-0.3, -0.25) is 9.78 Å². The predicted molar refractivity (Wildman–Crippen MR) is 148 cm³/mol. The molecule has 0 fully saturated rings. The predicted octanol–water partition coefficient (Wildman–Crippen LogP) is 6.01. The third kappa shape index (κ3) is 9.19. The highest BCUT2D eigenvalue weighted by atomic mass is 79.9. The van der Waals surface area contributed by atoms with Crippen LogP contribution < -0.4 is 20.7 Å². The van der Waals surface area contributed by atoms with Crippen molar-refractivity contribution >= 4 is 39.7 Å². The van der Waals surface area contributed by atoms with Gasteiger partial charge in [-0.2, -0.15) is 0 Å². The van der Waals surface area contributed by atoms with Crippen molar-refractivity contribution in [1.82, 2.24) is 15.6 Å². The summed E-state index contributed by atoms with van der Waals surface area (Å²) in [4.78, 5) is 40.4. The molecule has 0 radical (unpaired) electrons. The molecule has 0 aliphatic rings. The topological polar surface area (TPSA) is 119 Å². The summed E-state index contributed by atoms with van der Waals surface area (Å²) >= 11 is 3.46. The number of ether oxygens (including phenoxy) is 2. The van der Waals surface area contributed by atoms with Crippen molar-refractivity contribution in [1.29, 1.82) is 0 Å². The van der Waals surface area contributed by atoms with Crippen molar-refractivity contribution in [3.8, 4) is 5.75 Å². The smallest absolute Gasteiger partial charge is 0.412 e. The second-order valence-electron chi connectivity index (χ2n) is 8.45. The number of benzene rings is 2. The van der Waals surface area contributed by atoms with E-state index in [0.29, 0.717) is 41.1 Å². The van der Waals surface area contributed by atoms with Gasteiger partial charge < -0.3 is 25.4 Å². The zero-order chi connectivity index (χ0) is 27.3. The van der Waals surface area contributed by atoms with Crippen LogP contribution in [-0.2, 0) is 11.2 Å². The van der Waals surface area contributed by atoms with Crippen LogP contribution >= 0.6 is 15.9 Å². The van der Waals surface area contributed by atoms with Crippen molar-refractivity contribution in [2.75, 3.05) is 18.4 Å². The number of halogens is 1. The van der Waals surface area contributed by atoms with Gasteiger partial charge in [0.2, 0.25) is 0 Å². The molecular formula is C28H31BrN4O5. The molecule has 3 aromatic rings. The molecule has 1 heterocycles. The van der Waals surface area contributed by atoms with Gasteiger partial charge in [0.25, 0.3) is 5.91 Å². The van der Waals surface area contributed by atoms with Gasteiger partial charge in [0.15, 0.2) is 0 Å². The molecule has 0 saturated heterocycles. The van der Waals surface area contributed by atoms with E-state index >= 15 is 0 Å². The quantitative estimate of drug-likeness (QED) is 0.238. The highest BCUT2D eigenvalue weighted by Gasteiger charge is 2.15. The van der Waals surface area contributed by atoms with E-state index < -0.39 is 18.3 Å². The minimum atomic E-state index is -0.537. The zero-order valence-corrected chi connectivity index (χ0v) is 22.9. The Kier molecular flexibility index (Phi) is 11.1. The number of pyridine rings is 1. The largest absolute Gasteiger partial charge is 0.442 e. The average Bonchev–Trinajstić information content (AvgIpc) is 2.91. The zero-order valence-electron chi connectivity index (χ0n) is 21.3. The van der Waals surface area contributed by atoms with Crippen LogP contribution in [0.5, 0.6) is 5.75 Å². The third-order valence-electron chi connectivity index (χ3n) is 5.51.